The number of hydrogen-bond donors (Lipinski definition) is 0. The van der Waals surface area contributed by atoms with Crippen molar-refractivity contribution in [2.45, 2.75) is 18.8 Å². The Kier molecular flexibility index (Phi) is 1.12. The van der Waals surface area contributed by atoms with Gasteiger partial charge >= 0.3 is 0 Å². The summed E-state index contributed by atoms with van der Waals surface area (Å²) in [6, 6.07) is 0. The van der Waals surface area contributed by atoms with E-state index in [1.807, 2.05) is 17.5 Å². The first kappa shape index (κ1) is 5.48. The Hall–Kier alpha value is -0.305. The lowest BCUT2D eigenvalue weighted by Crippen LogP contribution is -1.95. The van der Waals surface area contributed by atoms with Crippen molar-refractivity contribution in [2.24, 2.45) is 0 Å². The summed E-state index contributed by atoms with van der Waals surface area (Å²) in [6.45, 7) is 0. The highest BCUT2D eigenvalue weighted by Gasteiger charge is 2.24. The molecule has 3 heteroatoms. The number of rotatable bonds is 1. The van der Waals surface area contributed by atoms with Gasteiger partial charge in [-0.25, -0.2) is 0 Å². The van der Waals surface area contributed by atoms with Crippen LogP contribution in [-0.2, 0) is 0 Å². The van der Waals surface area contributed by atoms with Crippen LogP contribution in [0.25, 0.3) is 0 Å². The van der Waals surface area contributed by atoms with E-state index in [1.165, 1.54) is 22.6 Å². The molecule has 0 unspecified atom stereocenters. The lowest BCUT2D eigenvalue weighted by atomic mass is 10.2. The highest BCUT2D eigenvalue weighted by atomic mass is 32.1. The fraction of sp³-hybridized carbons (Fsp3) is 0.500. The second kappa shape index (κ2) is 1.84. The minimum Gasteiger partial charge on any atom is -0.261 e. The molecule has 1 aliphatic rings. The third-order valence-electron chi connectivity index (χ3n) is 1.62. The molecule has 0 bridgehead atoms. The van der Waals surface area contributed by atoms with Crippen LogP contribution in [0.3, 0.4) is 0 Å². The molecule has 1 aromatic rings. The van der Waals surface area contributed by atoms with Gasteiger partial charge in [0.15, 0.2) is 7.85 Å². The first-order valence-electron chi connectivity index (χ1n) is 3.28. The van der Waals surface area contributed by atoms with Crippen molar-refractivity contribution in [1.82, 2.24) is 4.98 Å². The molecule has 2 rings (SSSR count). The second-order valence-corrected chi connectivity index (χ2v) is 3.82. The largest absolute Gasteiger partial charge is 0.261 e. The van der Waals surface area contributed by atoms with E-state index in [0.29, 0.717) is 0 Å². The fourth-order valence-corrected chi connectivity index (χ4v) is 1.89. The average Bonchev–Trinajstić information content (AvgIpc) is 2.58. The van der Waals surface area contributed by atoms with Crippen molar-refractivity contribution < 1.29 is 0 Å². The smallest absolute Gasteiger partial charge is 0.177 e. The molecule has 1 aliphatic carbocycles. The maximum absolute atomic E-state index is 4.20. The molecule has 1 nitrogen and oxygen atoms in total. The molecule has 0 radical (unpaired) electrons. The van der Waals surface area contributed by atoms with Crippen LogP contribution in [-0.4, -0.2) is 12.8 Å². The standard InChI is InChI=1S/C6H8BNS/c7-6-8-3-5(9-6)4-1-2-4/h3-4H,1-2,7H2. The van der Waals surface area contributed by atoms with Crippen LogP contribution in [0.15, 0.2) is 6.20 Å². The van der Waals surface area contributed by atoms with Gasteiger partial charge in [-0.15, -0.1) is 11.3 Å². The van der Waals surface area contributed by atoms with E-state index in [1.54, 1.807) is 0 Å². The lowest BCUT2D eigenvalue weighted by Gasteiger charge is -1.81. The Balaban J connectivity index is 2.28. The normalized spacial score (nSPS) is 18.2. The van der Waals surface area contributed by atoms with Gasteiger partial charge in [-0.2, -0.15) is 0 Å². The van der Waals surface area contributed by atoms with Crippen LogP contribution in [0, 0.1) is 0 Å². The number of hydrogen-bond acceptors (Lipinski definition) is 2. The minimum absolute atomic E-state index is 0.885. The Morgan fingerprint density at radius 2 is 2.44 bits per heavy atom. The zero-order chi connectivity index (χ0) is 6.27. The van der Waals surface area contributed by atoms with Gasteiger partial charge in [-0.05, 0) is 18.8 Å². The second-order valence-electron chi connectivity index (χ2n) is 2.56. The first-order valence-corrected chi connectivity index (χ1v) is 4.10. The lowest BCUT2D eigenvalue weighted by molar-refractivity contribution is 1.16. The van der Waals surface area contributed by atoms with Gasteiger partial charge in [0.25, 0.3) is 0 Å². The molecule has 1 saturated carbocycles. The third kappa shape index (κ3) is 1.01. The Morgan fingerprint density at radius 3 is 2.89 bits per heavy atom. The zero-order valence-corrected chi connectivity index (χ0v) is 6.24. The van der Waals surface area contributed by atoms with E-state index in [2.05, 4.69) is 12.8 Å². The van der Waals surface area contributed by atoms with E-state index < -0.39 is 0 Å². The van der Waals surface area contributed by atoms with Crippen molar-refractivity contribution >= 4 is 24.1 Å². The maximum atomic E-state index is 4.20. The van der Waals surface area contributed by atoms with Gasteiger partial charge in [-0.1, -0.05) is 0 Å². The Morgan fingerprint density at radius 1 is 1.67 bits per heavy atom. The number of nitrogens with zero attached hydrogens (tertiary/aromatic N) is 1. The predicted molar refractivity (Wildman–Crippen MR) is 42.3 cm³/mol. The highest BCUT2D eigenvalue weighted by Crippen LogP contribution is 2.41. The zero-order valence-electron chi connectivity index (χ0n) is 5.42. The third-order valence-corrected chi connectivity index (χ3v) is 2.69. The molecule has 0 aromatic carbocycles. The van der Waals surface area contributed by atoms with Gasteiger partial charge in [0, 0.05) is 16.0 Å². The van der Waals surface area contributed by atoms with Gasteiger partial charge < -0.3 is 0 Å². The summed E-state index contributed by atoms with van der Waals surface area (Å²) in [7, 11) is 2.07. The monoisotopic (exact) mass is 137 g/mol. The molecule has 1 aromatic heterocycles. The van der Waals surface area contributed by atoms with Crippen molar-refractivity contribution in [3.8, 4) is 0 Å². The summed E-state index contributed by atoms with van der Waals surface area (Å²) in [5.41, 5.74) is 0. The summed E-state index contributed by atoms with van der Waals surface area (Å²) in [4.78, 5) is 6.89. The molecule has 0 aliphatic heterocycles. The van der Waals surface area contributed by atoms with Crippen molar-refractivity contribution in [2.75, 3.05) is 0 Å². The molecule has 9 heavy (non-hydrogen) atoms. The van der Waals surface area contributed by atoms with Crippen LogP contribution in [0.2, 0.25) is 0 Å². The molecule has 0 amide bonds. The molecule has 0 saturated heterocycles. The van der Waals surface area contributed by atoms with E-state index in [9.17, 15) is 0 Å². The van der Waals surface area contributed by atoms with E-state index >= 15 is 0 Å². The van der Waals surface area contributed by atoms with Crippen molar-refractivity contribution in [3.63, 3.8) is 0 Å². The molecular weight excluding hydrogens is 129 g/mol. The highest BCUT2D eigenvalue weighted by molar-refractivity contribution is 7.19. The summed E-state index contributed by atoms with van der Waals surface area (Å²) < 4.78 is 0. The van der Waals surface area contributed by atoms with Crippen molar-refractivity contribution in [3.05, 3.63) is 11.1 Å². The van der Waals surface area contributed by atoms with E-state index in [-0.39, 0.29) is 0 Å². The van der Waals surface area contributed by atoms with Crippen LogP contribution >= 0.6 is 11.3 Å². The molecule has 0 atom stereocenters. The van der Waals surface area contributed by atoms with Crippen LogP contribution in [0.5, 0.6) is 0 Å². The topological polar surface area (TPSA) is 12.9 Å². The molecule has 0 N–H and O–H groups in total. The van der Waals surface area contributed by atoms with Gasteiger partial charge in [0.1, 0.15) is 0 Å². The van der Waals surface area contributed by atoms with Crippen LogP contribution < -0.4 is 4.91 Å². The first-order chi connectivity index (χ1) is 4.36. The summed E-state index contributed by atoms with van der Waals surface area (Å²) >= 11 is 1.85. The summed E-state index contributed by atoms with van der Waals surface area (Å²) in [6.07, 6.45) is 4.81. The quantitative estimate of drug-likeness (QED) is 0.506. The molecular formula is C6H8BNS. The predicted octanol–water partition coefficient (Wildman–Crippen LogP) is 0.279. The molecule has 1 fully saturated rings. The summed E-state index contributed by atoms with van der Waals surface area (Å²) in [5.74, 6) is 0.885. The van der Waals surface area contributed by atoms with Gasteiger partial charge in [-0.3, -0.25) is 4.98 Å². The Labute approximate surface area is 59.5 Å². The fourth-order valence-electron chi connectivity index (χ4n) is 0.934. The number of thiazole rings is 1. The van der Waals surface area contributed by atoms with Crippen LogP contribution in [0.1, 0.15) is 23.6 Å². The maximum Gasteiger partial charge on any atom is 0.177 e. The molecule has 46 valence electrons. The van der Waals surface area contributed by atoms with Gasteiger partial charge in [0.2, 0.25) is 0 Å². The Bertz CT molecular complexity index is 217. The van der Waals surface area contributed by atoms with E-state index in [0.717, 1.165) is 5.92 Å². The minimum atomic E-state index is 0.885. The van der Waals surface area contributed by atoms with E-state index in [4.69, 9.17) is 0 Å². The van der Waals surface area contributed by atoms with Crippen LogP contribution in [0.4, 0.5) is 0 Å². The molecule has 1 heterocycles. The van der Waals surface area contributed by atoms with Crippen molar-refractivity contribution in [1.29, 1.82) is 0 Å². The SMILES string of the molecule is Bc1ncc(C2CC2)s1. The number of aromatic nitrogens is 1. The summed E-state index contributed by atoms with van der Waals surface area (Å²) in [5, 5.41) is 0. The molecule has 0 spiro atoms. The van der Waals surface area contributed by atoms with Gasteiger partial charge in [0.05, 0.1) is 0 Å². The average molecular weight is 137 g/mol.